The van der Waals surface area contributed by atoms with Crippen molar-refractivity contribution in [2.24, 2.45) is 0 Å². The molecule has 16 heavy (non-hydrogen) atoms. The smallest absolute Gasteiger partial charge is 0.250 e. The van der Waals surface area contributed by atoms with Crippen LogP contribution in [-0.2, 0) is 4.79 Å². The third-order valence-electron chi connectivity index (χ3n) is 2.27. The molecule has 0 fully saturated rings. The SMILES string of the molecule is C=C(C)C(=O)Nc1cccc2cccnc12. The van der Waals surface area contributed by atoms with E-state index in [1.54, 1.807) is 13.1 Å². The number of fused-ring (bicyclic) bond motifs is 1. The highest BCUT2D eigenvalue weighted by molar-refractivity contribution is 6.07. The number of amides is 1. The molecule has 0 atom stereocenters. The maximum Gasteiger partial charge on any atom is 0.250 e. The molecule has 2 rings (SSSR count). The number of nitrogens with zero attached hydrogens (tertiary/aromatic N) is 1. The lowest BCUT2D eigenvalue weighted by molar-refractivity contribution is -0.112. The lowest BCUT2D eigenvalue weighted by atomic mass is 10.2. The fourth-order valence-electron chi connectivity index (χ4n) is 1.43. The van der Waals surface area contributed by atoms with E-state index >= 15 is 0 Å². The van der Waals surface area contributed by atoms with E-state index in [1.165, 1.54) is 0 Å². The van der Waals surface area contributed by atoms with Crippen LogP contribution in [0.15, 0.2) is 48.7 Å². The van der Waals surface area contributed by atoms with Crippen LogP contribution in [0.25, 0.3) is 10.9 Å². The van der Waals surface area contributed by atoms with Crippen molar-refractivity contribution in [3.63, 3.8) is 0 Å². The van der Waals surface area contributed by atoms with E-state index in [-0.39, 0.29) is 5.91 Å². The predicted octanol–water partition coefficient (Wildman–Crippen LogP) is 2.75. The molecule has 2 aromatic rings. The maximum atomic E-state index is 11.5. The molecule has 3 heteroatoms. The second-order valence-corrected chi connectivity index (χ2v) is 3.62. The van der Waals surface area contributed by atoms with Crippen LogP contribution in [-0.4, -0.2) is 10.9 Å². The summed E-state index contributed by atoms with van der Waals surface area (Å²) >= 11 is 0. The molecule has 3 nitrogen and oxygen atoms in total. The number of nitrogens with one attached hydrogen (secondary N) is 1. The fourth-order valence-corrected chi connectivity index (χ4v) is 1.43. The first kappa shape index (κ1) is 10.4. The summed E-state index contributed by atoms with van der Waals surface area (Å²) in [6.45, 7) is 5.27. The zero-order chi connectivity index (χ0) is 11.5. The van der Waals surface area contributed by atoms with Gasteiger partial charge in [0.2, 0.25) is 0 Å². The van der Waals surface area contributed by atoms with Crippen LogP contribution in [0.2, 0.25) is 0 Å². The first-order valence-corrected chi connectivity index (χ1v) is 4.99. The number of rotatable bonds is 2. The van der Waals surface area contributed by atoms with E-state index in [1.807, 2.05) is 30.3 Å². The van der Waals surface area contributed by atoms with Gasteiger partial charge in [0.1, 0.15) is 0 Å². The molecule has 1 N–H and O–H groups in total. The third-order valence-corrected chi connectivity index (χ3v) is 2.27. The molecule has 0 aliphatic rings. The van der Waals surface area contributed by atoms with E-state index in [9.17, 15) is 4.79 Å². The van der Waals surface area contributed by atoms with Gasteiger partial charge in [-0.15, -0.1) is 0 Å². The lowest BCUT2D eigenvalue weighted by Crippen LogP contribution is -2.12. The minimum atomic E-state index is -0.182. The summed E-state index contributed by atoms with van der Waals surface area (Å²) in [5.74, 6) is -0.182. The minimum absolute atomic E-state index is 0.182. The molecule has 0 aliphatic carbocycles. The summed E-state index contributed by atoms with van der Waals surface area (Å²) in [7, 11) is 0. The molecule has 0 radical (unpaired) electrons. The zero-order valence-corrected chi connectivity index (χ0v) is 9.03. The topological polar surface area (TPSA) is 42.0 Å². The average Bonchev–Trinajstić information content (AvgIpc) is 2.29. The van der Waals surface area contributed by atoms with E-state index in [2.05, 4.69) is 16.9 Å². The van der Waals surface area contributed by atoms with Gasteiger partial charge in [-0.05, 0) is 19.1 Å². The van der Waals surface area contributed by atoms with E-state index in [0.29, 0.717) is 11.3 Å². The molecule has 0 spiro atoms. The fraction of sp³-hybridized carbons (Fsp3) is 0.0769. The zero-order valence-electron chi connectivity index (χ0n) is 9.03. The van der Waals surface area contributed by atoms with Gasteiger partial charge in [-0.2, -0.15) is 0 Å². The van der Waals surface area contributed by atoms with Gasteiger partial charge >= 0.3 is 0 Å². The summed E-state index contributed by atoms with van der Waals surface area (Å²) in [6.07, 6.45) is 1.71. The molecule has 0 aliphatic heterocycles. The second kappa shape index (κ2) is 4.14. The largest absolute Gasteiger partial charge is 0.320 e. The summed E-state index contributed by atoms with van der Waals surface area (Å²) in [6, 6.07) is 9.50. The Labute approximate surface area is 93.8 Å². The minimum Gasteiger partial charge on any atom is -0.320 e. The van der Waals surface area contributed by atoms with Crippen molar-refractivity contribution in [1.29, 1.82) is 0 Å². The Morgan fingerprint density at radius 1 is 1.31 bits per heavy atom. The van der Waals surface area contributed by atoms with Crippen LogP contribution in [0.5, 0.6) is 0 Å². The van der Waals surface area contributed by atoms with E-state index in [0.717, 1.165) is 10.9 Å². The number of aromatic nitrogens is 1. The monoisotopic (exact) mass is 212 g/mol. The number of hydrogen-bond donors (Lipinski definition) is 1. The molecule has 0 unspecified atom stereocenters. The standard InChI is InChI=1S/C13H12N2O/c1-9(2)13(16)15-11-7-3-5-10-6-4-8-14-12(10)11/h3-8H,1H2,2H3,(H,15,16). The Hall–Kier alpha value is -2.16. The van der Waals surface area contributed by atoms with Crippen molar-refractivity contribution >= 4 is 22.5 Å². The maximum absolute atomic E-state index is 11.5. The van der Waals surface area contributed by atoms with Crippen molar-refractivity contribution in [3.8, 4) is 0 Å². The van der Waals surface area contributed by atoms with Crippen LogP contribution >= 0.6 is 0 Å². The van der Waals surface area contributed by atoms with Crippen LogP contribution in [0.3, 0.4) is 0 Å². The normalized spacial score (nSPS) is 10.1. The molecule has 0 saturated carbocycles. The van der Waals surface area contributed by atoms with Gasteiger partial charge in [0, 0.05) is 17.2 Å². The van der Waals surface area contributed by atoms with Gasteiger partial charge in [0.25, 0.3) is 5.91 Å². The number of carbonyl (C=O) groups is 1. The highest BCUT2D eigenvalue weighted by Crippen LogP contribution is 2.20. The molecule has 0 saturated heterocycles. The summed E-state index contributed by atoms with van der Waals surface area (Å²) < 4.78 is 0. The lowest BCUT2D eigenvalue weighted by Gasteiger charge is -2.07. The second-order valence-electron chi connectivity index (χ2n) is 3.62. The van der Waals surface area contributed by atoms with Gasteiger partial charge in [-0.1, -0.05) is 24.8 Å². The number of anilines is 1. The molecule has 1 amide bonds. The van der Waals surface area contributed by atoms with Crippen molar-refractivity contribution in [3.05, 3.63) is 48.7 Å². The van der Waals surface area contributed by atoms with Crippen LogP contribution in [0.1, 0.15) is 6.92 Å². The summed E-state index contributed by atoms with van der Waals surface area (Å²) in [5, 5.41) is 3.79. The van der Waals surface area contributed by atoms with Crippen molar-refractivity contribution < 1.29 is 4.79 Å². The summed E-state index contributed by atoms with van der Waals surface area (Å²) in [5.41, 5.74) is 1.98. The highest BCUT2D eigenvalue weighted by atomic mass is 16.1. The molecule has 1 aromatic carbocycles. The molecule has 0 bridgehead atoms. The molecule has 1 heterocycles. The molecular weight excluding hydrogens is 200 g/mol. The predicted molar refractivity (Wildman–Crippen MR) is 65.2 cm³/mol. The molecule has 1 aromatic heterocycles. The Balaban J connectivity index is 2.45. The van der Waals surface area contributed by atoms with E-state index < -0.39 is 0 Å². The number of para-hydroxylation sites is 1. The Morgan fingerprint density at radius 2 is 2.06 bits per heavy atom. The van der Waals surface area contributed by atoms with E-state index in [4.69, 9.17) is 0 Å². The van der Waals surface area contributed by atoms with Gasteiger partial charge < -0.3 is 5.32 Å². The Bertz CT molecular complexity index is 555. The average molecular weight is 212 g/mol. The quantitative estimate of drug-likeness (QED) is 0.778. The summed E-state index contributed by atoms with van der Waals surface area (Å²) in [4.78, 5) is 15.8. The van der Waals surface area contributed by atoms with Crippen molar-refractivity contribution in [2.75, 3.05) is 5.32 Å². The van der Waals surface area contributed by atoms with Gasteiger partial charge in [-0.25, -0.2) is 0 Å². The first-order valence-electron chi connectivity index (χ1n) is 4.99. The number of hydrogen-bond acceptors (Lipinski definition) is 2. The van der Waals surface area contributed by atoms with Crippen molar-refractivity contribution in [1.82, 2.24) is 4.98 Å². The molecule has 80 valence electrons. The highest BCUT2D eigenvalue weighted by Gasteiger charge is 2.06. The van der Waals surface area contributed by atoms with Crippen LogP contribution in [0.4, 0.5) is 5.69 Å². The number of carbonyl (C=O) groups excluding carboxylic acids is 1. The number of benzene rings is 1. The van der Waals surface area contributed by atoms with Gasteiger partial charge in [0.05, 0.1) is 11.2 Å². The first-order chi connectivity index (χ1) is 7.68. The van der Waals surface area contributed by atoms with Crippen molar-refractivity contribution in [2.45, 2.75) is 6.92 Å². The van der Waals surface area contributed by atoms with Gasteiger partial charge in [0.15, 0.2) is 0 Å². The van der Waals surface area contributed by atoms with Gasteiger partial charge in [-0.3, -0.25) is 9.78 Å². The Kier molecular flexibility index (Phi) is 2.68. The van der Waals surface area contributed by atoms with Crippen LogP contribution in [0, 0.1) is 0 Å². The Morgan fingerprint density at radius 3 is 2.81 bits per heavy atom. The van der Waals surface area contributed by atoms with Crippen LogP contribution < -0.4 is 5.32 Å². The molecular formula is C13H12N2O. The third kappa shape index (κ3) is 1.93. The number of pyridine rings is 1.